The normalized spacial score (nSPS) is 18.3. The summed E-state index contributed by atoms with van der Waals surface area (Å²) in [7, 11) is 0. The third kappa shape index (κ3) is 4.68. The van der Waals surface area contributed by atoms with Gasteiger partial charge in [-0.3, -0.25) is 15.0 Å². The number of fused-ring (bicyclic) bond motifs is 2. The van der Waals surface area contributed by atoms with Crippen molar-refractivity contribution in [3.8, 4) is 11.5 Å². The fourth-order valence-electron chi connectivity index (χ4n) is 4.12. The molecule has 2 aromatic carbocycles. The van der Waals surface area contributed by atoms with Crippen LogP contribution in [0.15, 0.2) is 42.5 Å². The lowest BCUT2D eigenvalue weighted by molar-refractivity contribution is -0.121. The second kappa shape index (κ2) is 9.13. The molecule has 0 saturated carbocycles. The lowest BCUT2D eigenvalue weighted by Crippen LogP contribution is -2.44. The second-order valence-electron chi connectivity index (χ2n) is 7.95. The first kappa shape index (κ1) is 20.7. The Hall–Kier alpha value is -3.17. The third-order valence-electron chi connectivity index (χ3n) is 5.59. The number of likely N-dealkylation sites (tertiary alicyclic amines) is 1. The molecule has 3 heterocycles. The van der Waals surface area contributed by atoms with Crippen molar-refractivity contribution in [2.75, 3.05) is 38.2 Å². The zero-order valence-corrected chi connectivity index (χ0v) is 18.3. The standard InChI is InChI=1S/C23H24N4O4S/c28-21(26-23(29)24-16-7-8-18-19(12-16)31-11-10-30-18)14-27-9-3-4-15(13-27)22-25-17-5-1-2-6-20(17)32-22/h1-2,5-8,12,15H,3-4,9-11,13-14H2,(H2,24,26,28,29)/t15-/m0/s1. The Morgan fingerprint density at radius 1 is 1.12 bits per heavy atom. The van der Waals surface area contributed by atoms with Crippen LogP contribution in [-0.2, 0) is 4.79 Å². The van der Waals surface area contributed by atoms with E-state index in [-0.39, 0.29) is 12.5 Å². The number of rotatable bonds is 4. The number of carbonyl (C=O) groups excluding carboxylic acids is 2. The molecule has 1 saturated heterocycles. The van der Waals surface area contributed by atoms with Crippen molar-refractivity contribution < 1.29 is 19.1 Å². The Morgan fingerprint density at radius 3 is 2.84 bits per heavy atom. The highest BCUT2D eigenvalue weighted by molar-refractivity contribution is 7.18. The topological polar surface area (TPSA) is 92.8 Å². The van der Waals surface area contributed by atoms with E-state index in [4.69, 9.17) is 14.5 Å². The number of anilines is 1. The van der Waals surface area contributed by atoms with Crippen LogP contribution in [0, 0.1) is 0 Å². The number of amides is 3. The van der Waals surface area contributed by atoms with Crippen molar-refractivity contribution in [2.45, 2.75) is 18.8 Å². The van der Waals surface area contributed by atoms with Gasteiger partial charge in [0.25, 0.3) is 0 Å². The maximum atomic E-state index is 12.5. The van der Waals surface area contributed by atoms with Gasteiger partial charge in [0.15, 0.2) is 11.5 Å². The minimum atomic E-state index is -0.564. The molecule has 2 N–H and O–H groups in total. The highest BCUT2D eigenvalue weighted by atomic mass is 32.1. The van der Waals surface area contributed by atoms with Gasteiger partial charge in [-0.25, -0.2) is 9.78 Å². The fraction of sp³-hybridized carbons (Fsp3) is 0.348. The van der Waals surface area contributed by atoms with Gasteiger partial charge in [0.1, 0.15) is 13.2 Å². The summed E-state index contributed by atoms with van der Waals surface area (Å²) < 4.78 is 12.2. The van der Waals surface area contributed by atoms with Gasteiger partial charge in [-0.2, -0.15) is 0 Å². The smallest absolute Gasteiger partial charge is 0.325 e. The number of hydrogen-bond donors (Lipinski definition) is 2. The van der Waals surface area contributed by atoms with E-state index >= 15 is 0 Å². The molecule has 0 aliphatic carbocycles. The summed E-state index contributed by atoms with van der Waals surface area (Å²) >= 11 is 1.72. The number of nitrogens with zero attached hydrogens (tertiary/aromatic N) is 2. The van der Waals surface area contributed by atoms with E-state index in [0.29, 0.717) is 36.3 Å². The predicted octanol–water partition coefficient (Wildman–Crippen LogP) is 3.60. The zero-order chi connectivity index (χ0) is 21.9. The van der Waals surface area contributed by atoms with Crippen LogP contribution in [0.1, 0.15) is 23.8 Å². The molecule has 32 heavy (non-hydrogen) atoms. The van der Waals surface area contributed by atoms with Gasteiger partial charge in [-0.1, -0.05) is 12.1 Å². The Kier molecular flexibility index (Phi) is 5.91. The number of benzene rings is 2. The van der Waals surface area contributed by atoms with Crippen molar-refractivity contribution in [1.29, 1.82) is 0 Å². The van der Waals surface area contributed by atoms with Gasteiger partial charge in [0, 0.05) is 24.2 Å². The average Bonchev–Trinajstić information content (AvgIpc) is 3.23. The number of hydrogen-bond acceptors (Lipinski definition) is 7. The van der Waals surface area contributed by atoms with Gasteiger partial charge in [0.05, 0.1) is 21.8 Å². The molecule has 2 aliphatic rings. The highest BCUT2D eigenvalue weighted by Gasteiger charge is 2.25. The van der Waals surface area contributed by atoms with Crippen molar-refractivity contribution >= 4 is 39.2 Å². The van der Waals surface area contributed by atoms with Crippen molar-refractivity contribution in [3.63, 3.8) is 0 Å². The molecular formula is C23H24N4O4S. The lowest BCUT2D eigenvalue weighted by atomic mass is 9.99. The van der Waals surface area contributed by atoms with E-state index in [1.54, 1.807) is 29.5 Å². The number of urea groups is 1. The summed E-state index contributed by atoms with van der Waals surface area (Å²) in [5.74, 6) is 1.20. The molecule has 1 atom stereocenters. The summed E-state index contributed by atoms with van der Waals surface area (Å²) in [6, 6.07) is 12.7. The lowest BCUT2D eigenvalue weighted by Gasteiger charge is -2.31. The van der Waals surface area contributed by atoms with Crippen LogP contribution in [0.5, 0.6) is 11.5 Å². The van der Waals surface area contributed by atoms with Crippen LogP contribution >= 0.6 is 11.3 Å². The quantitative estimate of drug-likeness (QED) is 0.628. The number of para-hydroxylation sites is 1. The highest BCUT2D eigenvalue weighted by Crippen LogP contribution is 2.33. The van der Waals surface area contributed by atoms with Gasteiger partial charge in [-0.15, -0.1) is 11.3 Å². The van der Waals surface area contributed by atoms with E-state index < -0.39 is 6.03 Å². The number of nitrogens with one attached hydrogen (secondary N) is 2. The average molecular weight is 453 g/mol. The molecule has 8 nitrogen and oxygen atoms in total. The summed E-state index contributed by atoms with van der Waals surface area (Å²) in [5, 5.41) is 6.21. The number of thiazole rings is 1. The number of imide groups is 1. The van der Waals surface area contributed by atoms with E-state index in [9.17, 15) is 9.59 Å². The summed E-state index contributed by atoms with van der Waals surface area (Å²) in [6.45, 7) is 2.74. The molecular weight excluding hydrogens is 428 g/mol. The predicted molar refractivity (Wildman–Crippen MR) is 123 cm³/mol. The molecule has 0 spiro atoms. The zero-order valence-electron chi connectivity index (χ0n) is 17.5. The van der Waals surface area contributed by atoms with Crippen LogP contribution < -0.4 is 20.1 Å². The molecule has 1 fully saturated rings. The van der Waals surface area contributed by atoms with Crippen LogP contribution in [0.3, 0.4) is 0 Å². The van der Waals surface area contributed by atoms with Crippen LogP contribution in [-0.4, -0.2) is 54.7 Å². The number of carbonyl (C=O) groups is 2. The van der Waals surface area contributed by atoms with Gasteiger partial charge in [0.2, 0.25) is 5.91 Å². The van der Waals surface area contributed by atoms with Crippen molar-refractivity contribution in [2.24, 2.45) is 0 Å². The Morgan fingerprint density at radius 2 is 1.97 bits per heavy atom. The largest absolute Gasteiger partial charge is 0.486 e. The summed E-state index contributed by atoms with van der Waals surface area (Å²) in [4.78, 5) is 31.6. The maximum Gasteiger partial charge on any atom is 0.325 e. The molecule has 0 bridgehead atoms. The van der Waals surface area contributed by atoms with Gasteiger partial charge in [-0.05, 0) is 43.7 Å². The van der Waals surface area contributed by atoms with Crippen molar-refractivity contribution in [1.82, 2.24) is 15.2 Å². The fourth-order valence-corrected chi connectivity index (χ4v) is 5.21. The Balaban J connectivity index is 1.14. The maximum absolute atomic E-state index is 12.5. The van der Waals surface area contributed by atoms with E-state index in [1.807, 2.05) is 18.2 Å². The first-order valence-electron chi connectivity index (χ1n) is 10.7. The molecule has 9 heteroatoms. The van der Waals surface area contributed by atoms with Crippen LogP contribution in [0.4, 0.5) is 10.5 Å². The van der Waals surface area contributed by atoms with E-state index in [1.165, 1.54) is 4.70 Å². The first-order chi connectivity index (χ1) is 15.6. The Labute approximate surface area is 189 Å². The van der Waals surface area contributed by atoms with E-state index in [2.05, 4.69) is 21.6 Å². The number of piperidine rings is 1. The van der Waals surface area contributed by atoms with Gasteiger partial charge < -0.3 is 14.8 Å². The minimum absolute atomic E-state index is 0.177. The molecule has 2 aliphatic heterocycles. The first-order valence-corrected chi connectivity index (χ1v) is 11.5. The molecule has 166 valence electrons. The molecule has 3 aromatic rings. The number of aromatic nitrogens is 1. The number of ether oxygens (including phenoxy) is 2. The van der Waals surface area contributed by atoms with Crippen molar-refractivity contribution in [3.05, 3.63) is 47.5 Å². The van der Waals surface area contributed by atoms with Gasteiger partial charge >= 0.3 is 6.03 Å². The summed E-state index contributed by atoms with van der Waals surface area (Å²) in [6.07, 6.45) is 2.06. The summed E-state index contributed by atoms with van der Waals surface area (Å²) in [5.41, 5.74) is 1.56. The molecule has 1 aromatic heterocycles. The molecule has 0 radical (unpaired) electrons. The van der Waals surface area contributed by atoms with Crippen LogP contribution in [0.25, 0.3) is 10.2 Å². The molecule has 5 rings (SSSR count). The van der Waals surface area contributed by atoms with Crippen LogP contribution in [0.2, 0.25) is 0 Å². The SMILES string of the molecule is O=C(CN1CCC[C@H](c2nc3ccccc3s2)C1)NC(=O)Nc1ccc2c(c1)OCCO2. The second-order valence-corrected chi connectivity index (χ2v) is 9.02. The molecule has 3 amide bonds. The molecule has 0 unspecified atom stereocenters. The minimum Gasteiger partial charge on any atom is -0.486 e. The monoisotopic (exact) mass is 452 g/mol. The Bertz CT molecular complexity index is 1110. The van der Waals surface area contributed by atoms with E-state index in [0.717, 1.165) is 36.5 Å². The third-order valence-corrected chi connectivity index (χ3v) is 6.78.